The van der Waals surface area contributed by atoms with Crippen molar-refractivity contribution in [2.75, 3.05) is 18.1 Å². The van der Waals surface area contributed by atoms with E-state index in [4.69, 9.17) is 0 Å². The van der Waals surface area contributed by atoms with Gasteiger partial charge in [-0.25, -0.2) is 0 Å². The van der Waals surface area contributed by atoms with Crippen LogP contribution in [0.1, 0.15) is 38.6 Å². The second-order valence-electron chi connectivity index (χ2n) is 5.61. The largest absolute Gasteiger partial charge is 0.313 e. The van der Waals surface area contributed by atoms with Gasteiger partial charge < -0.3 is 5.32 Å². The number of rotatable bonds is 7. The SMILES string of the molecule is CCNC(Cc1cc(C)nn1CC)C1SCCSC1CC. The lowest BCUT2D eigenvalue weighted by Gasteiger charge is -2.36. The van der Waals surface area contributed by atoms with E-state index < -0.39 is 0 Å². The van der Waals surface area contributed by atoms with Gasteiger partial charge in [0.15, 0.2) is 0 Å². The van der Waals surface area contributed by atoms with E-state index >= 15 is 0 Å². The summed E-state index contributed by atoms with van der Waals surface area (Å²) >= 11 is 4.34. The molecule has 2 rings (SSSR count). The lowest BCUT2D eigenvalue weighted by molar-refractivity contribution is 0.471. The summed E-state index contributed by atoms with van der Waals surface area (Å²) in [7, 11) is 0. The van der Waals surface area contributed by atoms with Crippen LogP contribution < -0.4 is 5.32 Å². The molecule has 1 fully saturated rings. The molecule has 120 valence electrons. The number of nitrogens with one attached hydrogen (secondary N) is 1. The van der Waals surface area contributed by atoms with Crippen molar-refractivity contribution in [3.05, 3.63) is 17.5 Å². The number of aromatic nitrogens is 2. The monoisotopic (exact) mass is 327 g/mol. The van der Waals surface area contributed by atoms with Gasteiger partial charge in [0.25, 0.3) is 0 Å². The molecular formula is C16H29N3S2. The van der Waals surface area contributed by atoms with E-state index in [1.54, 1.807) is 0 Å². The third-order valence-corrected chi connectivity index (χ3v) is 7.48. The zero-order valence-corrected chi connectivity index (χ0v) is 15.4. The highest BCUT2D eigenvalue weighted by Crippen LogP contribution is 2.36. The van der Waals surface area contributed by atoms with E-state index in [-0.39, 0.29) is 0 Å². The fourth-order valence-electron chi connectivity index (χ4n) is 3.14. The number of hydrogen-bond acceptors (Lipinski definition) is 4. The van der Waals surface area contributed by atoms with Gasteiger partial charge in [0.2, 0.25) is 0 Å². The van der Waals surface area contributed by atoms with Crippen molar-refractivity contribution in [2.45, 2.75) is 63.6 Å². The van der Waals surface area contributed by atoms with E-state index in [0.29, 0.717) is 11.3 Å². The van der Waals surface area contributed by atoms with Crippen LogP contribution in [0.5, 0.6) is 0 Å². The first-order chi connectivity index (χ1) is 10.2. The van der Waals surface area contributed by atoms with Crippen LogP contribution in [0, 0.1) is 6.92 Å². The van der Waals surface area contributed by atoms with Crippen LogP contribution in [0.2, 0.25) is 0 Å². The molecule has 0 saturated carbocycles. The molecule has 3 unspecified atom stereocenters. The molecule has 0 aromatic carbocycles. The van der Waals surface area contributed by atoms with Crippen molar-refractivity contribution in [1.82, 2.24) is 15.1 Å². The van der Waals surface area contributed by atoms with Gasteiger partial charge in [-0.3, -0.25) is 4.68 Å². The Morgan fingerprint density at radius 3 is 2.76 bits per heavy atom. The molecule has 1 aliphatic rings. The maximum absolute atomic E-state index is 4.60. The number of aryl methyl sites for hydroxylation is 2. The van der Waals surface area contributed by atoms with Crippen molar-refractivity contribution in [3.63, 3.8) is 0 Å². The fourth-order valence-corrected chi connectivity index (χ4v) is 6.40. The molecule has 1 N–H and O–H groups in total. The number of hydrogen-bond donors (Lipinski definition) is 1. The quantitative estimate of drug-likeness (QED) is 0.832. The molecule has 1 aromatic rings. The van der Waals surface area contributed by atoms with Crippen LogP contribution in [-0.2, 0) is 13.0 Å². The van der Waals surface area contributed by atoms with Crippen LogP contribution in [0.3, 0.4) is 0 Å². The molecule has 0 bridgehead atoms. The molecule has 21 heavy (non-hydrogen) atoms. The maximum atomic E-state index is 4.60. The summed E-state index contributed by atoms with van der Waals surface area (Å²) < 4.78 is 2.17. The third-order valence-electron chi connectivity index (χ3n) is 4.07. The average Bonchev–Trinajstić information content (AvgIpc) is 2.86. The predicted octanol–water partition coefficient (Wildman–Crippen LogP) is 3.36. The van der Waals surface area contributed by atoms with Crippen molar-refractivity contribution >= 4 is 23.5 Å². The molecule has 1 saturated heterocycles. The fraction of sp³-hybridized carbons (Fsp3) is 0.812. The van der Waals surface area contributed by atoms with Crippen LogP contribution in [0.15, 0.2) is 6.07 Å². The number of likely N-dealkylation sites (N-methyl/N-ethyl adjacent to an activating group) is 1. The normalized spacial score (nSPS) is 24.2. The molecule has 2 heterocycles. The second kappa shape index (κ2) is 8.49. The Morgan fingerprint density at radius 1 is 1.33 bits per heavy atom. The molecule has 3 atom stereocenters. The summed E-state index contributed by atoms with van der Waals surface area (Å²) in [6.45, 7) is 10.8. The molecule has 3 nitrogen and oxygen atoms in total. The van der Waals surface area contributed by atoms with Gasteiger partial charge >= 0.3 is 0 Å². The molecule has 0 aliphatic carbocycles. The number of nitrogens with zero attached hydrogens (tertiary/aromatic N) is 2. The zero-order chi connectivity index (χ0) is 15.2. The lowest BCUT2D eigenvalue weighted by atomic mass is 10.0. The maximum Gasteiger partial charge on any atom is 0.0596 e. The Balaban J connectivity index is 2.13. The smallest absolute Gasteiger partial charge is 0.0596 e. The van der Waals surface area contributed by atoms with E-state index in [0.717, 1.165) is 30.5 Å². The highest BCUT2D eigenvalue weighted by molar-refractivity contribution is 8.07. The molecule has 0 radical (unpaired) electrons. The summed E-state index contributed by atoms with van der Waals surface area (Å²) in [5.41, 5.74) is 2.52. The standard InChI is InChI=1S/C16H29N3S2/c1-5-15-16(21-9-8-20-15)14(17-6-2)11-13-10-12(4)18-19(13)7-3/h10,14-17H,5-9,11H2,1-4H3. The molecule has 1 aliphatic heterocycles. The van der Waals surface area contributed by atoms with Crippen molar-refractivity contribution in [1.29, 1.82) is 0 Å². The average molecular weight is 328 g/mol. The van der Waals surface area contributed by atoms with Gasteiger partial charge in [-0.1, -0.05) is 13.8 Å². The summed E-state index contributed by atoms with van der Waals surface area (Å²) in [5.74, 6) is 2.60. The summed E-state index contributed by atoms with van der Waals surface area (Å²) in [5, 5.41) is 9.85. The van der Waals surface area contributed by atoms with Crippen molar-refractivity contribution < 1.29 is 0 Å². The highest BCUT2D eigenvalue weighted by atomic mass is 32.2. The lowest BCUT2D eigenvalue weighted by Crippen LogP contribution is -2.46. The Kier molecular flexibility index (Phi) is 6.96. The van der Waals surface area contributed by atoms with E-state index in [9.17, 15) is 0 Å². The number of thioether (sulfide) groups is 2. The van der Waals surface area contributed by atoms with Crippen molar-refractivity contribution in [2.24, 2.45) is 0 Å². The second-order valence-corrected chi connectivity index (χ2v) is 8.25. The Morgan fingerprint density at radius 2 is 2.10 bits per heavy atom. The van der Waals surface area contributed by atoms with Crippen molar-refractivity contribution in [3.8, 4) is 0 Å². The van der Waals surface area contributed by atoms with E-state index in [2.05, 4.69) is 72.4 Å². The predicted molar refractivity (Wildman–Crippen MR) is 96.6 cm³/mol. The van der Waals surface area contributed by atoms with E-state index in [1.165, 1.54) is 23.6 Å². The van der Waals surface area contributed by atoms with Crippen LogP contribution >= 0.6 is 23.5 Å². The first kappa shape index (κ1) is 17.2. The van der Waals surface area contributed by atoms with Gasteiger partial charge in [-0.05, 0) is 32.9 Å². The van der Waals surface area contributed by atoms with Gasteiger partial charge in [-0.15, -0.1) is 0 Å². The molecule has 1 aromatic heterocycles. The minimum absolute atomic E-state index is 0.555. The van der Waals surface area contributed by atoms with Gasteiger partial charge in [0, 0.05) is 46.7 Å². The molecular weight excluding hydrogens is 298 g/mol. The summed E-state index contributed by atoms with van der Waals surface area (Å²) in [6, 6.07) is 2.81. The van der Waals surface area contributed by atoms with Crippen LogP contribution in [0.25, 0.3) is 0 Å². The highest BCUT2D eigenvalue weighted by Gasteiger charge is 2.32. The molecule has 0 spiro atoms. The van der Waals surface area contributed by atoms with Gasteiger partial charge in [0.05, 0.1) is 5.69 Å². The van der Waals surface area contributed by atoms with Gasteiger partial charge in [-0.2, -0.15) is 28.6 Å². The zero-order valence-electron chi connectivity index (χ0n) is 13.8. The van der Waals surface area contributed by atoms with Crippen LogP contribution in [-0.4, -0.2) is 44.4 Å². The van der Waals surface area contributed by atoms with Gasteiger partial charge in [0.1, 0.15) is 0 Å². The molecule has 0 amide bonds. The first-order valence-corrected chi connectivity index (χ1v) is 10.3. The Bertz CT molecular complexity index is 433. The molecule has 5 heteroatoms. The van der Waals surface area contributed by atoms with Crippen LogP contribution in [0.4, 0.5) is 0 Å². The minimum atomic E-state index is 0.555. The Labute approximate surface area is 138 Å². The van der Waals surface area contributed by atoms with E-state index in [1.807, 2.05) is 0 Å². The Hall–Kier alpha value is -0.130. The minimum Gasteiger partial charge on any atom is -0.313 e. The summed E-state index contributed by atoms with van der Waals surface area (Å²) in [4.78, 5) is 0. The third kappa shape index (κ3) is 4.42. The summed E-state index contributed by atoms with van der Waals surface area (Å²) in [6.07, 6.45) is 2.37. The first-order valence-electron chi connectivity index (χ1n) is 8.19. The topological polar surface area (TPSA) is 29.9 Å².